The van der Waals surface area contributed by atoms with Crippen LogP contribution >= 0.6 is 0 Å². The maximum absolute atomic E-state index is 9.85. The van der Waals surface area contributed by atoms with Crippen LogP contribution in [0.25, 0.3) is 0 Å². The van der Waals surface area contributed by atoms with Crippen LogP contribution in [0.15, 0.2) is 18.5 Å². The molecule has 1 heterocycles. The third-order valence-electron chi connectivity index (χ3n) is 3.20. The average Bonchev–Trinajstić information content (AvgIpc) is 2.90. The number of nitrogens with one attached hydrogen (secondary N) is 1. The number of hydrogen-bond donors (Lipinski definition) is 2. The van der Waals surface area contributed by atoms with Gasteiger partial charge < -0.3 is 24.5 Å². The molecule has 0 aliphatic carbocycles. The lowest BCUT2D eigenvalue weighted by Gasteiger charge is -2.11. The summed E-state index contributed by atoms with van der Waals surface area (Å²) in [6.45, 7) is 1.42. The second-order valence-electron chi connectivity index (χ2n) is 4.63. The molecule has 0 unspecified atom stereocenters. The number of hydrogen-bond acceptors (Lipinski definition) is 6. The quantitative estimate of drug-likeness (QED) is 0.737. The number of phenols is 1. The SMILES string of the molecule is COc1cc(CNCCc2nncn2C)cc(OC)c1O. The molecule has 0 bridgehead atoms. The van der Waals surface area contributed by atoms with Crippen LogP contribution in [0.2, 0.25) is 0 Å². The van der Waals surface area contributed by atoms with E-state index in [4.69, 9.17) is 9.47 Å². The van der Waals surface area contributed by atoms with Gasteiger partial charge in [-0.15, -0.1) is 10.2 Å². The molecule has 2 aromatic rings. The Morgan fingerprint density at radius 3 is 2.43 bits per heavy atom. The zero-order valence-electron chi connectivity index (χ0n) is 12.5. The highest BCUT2D eigenvalue weighted by Gasteiger charge is 2.11. The first-order valence-corrected chi connectivity index (χ1v) is 6.63. The van der Waals surface area contributed by atoms with Crippen LogP contribution in [-0.2, 0) is 20.0 Å². The minimum Gasteiger partial charge on any atom is -0.502 e. The summed E-state index contributed by atoms with van der Waals surface area (Å²) in [6, 6.07) is 3.57. The fourth-order valence-electron chi connectivity index (χ4n) is 2.02. The van der Waals surface area contributed by atoms with E-state index in [-0.39, 0.29) is 5.75 Å². The standard InChI is InChI=1S/C14H20N4O3/c1-18-9-16-17-13(18)4-5-15-8-10-6-11(20-2)14(19)12(7-10)21-3/h6-7,9,15,19H,4-5,8H2,1-3H3. The molecule has 0 aliphatic rings. The zero-order valence-corrected chi connectivity index (χ0v) is 12.5. The van der Waals surface area contributed by atoms with E-state index in [0.29, 0.717) is 18.0 Å². The van der Waals surface area contributed by atoms with Crippen molar-refractivity contribution in [2.75, 3.05) is 20.8 Å². The monoisotopic (exact) mass is 292 g/mol. The fraction of sp³-hybridized carbons (Fsp3) is 0.429. The lowest BCUT2D eigenvalue weighted by molar-refractivity contribution is 0.339. The van der Waals surface area contributed by atoms with E-state index < -0.39 is 0 Å². The van der Waals surface area contributed by atoms with Crippen LogP contribution in [0.3, 0.4) is 0 Å². The number of aryl methyl sites for hydroxylation is 1. The summed E-state index contributed by atoms with van der Waals surface area (Å²) in [4.78, 5) is 0. The second-order valence-corrected chi connectivity index (χ2v) is 4.63. The molecule has 0 spiro atoms. The summed E-state index contributed by atoms with van der Waals surface area (Å²) in [7, 11) is 4.95. The van der Waals surface area contributed by atoms with E-state index >= 15 is 0 Å². The van der Waals surface area contributed by atoms with Crippen molar-refractivity contribution >= 4 is 0 Å². The van der Waals surface area contributed by atoms with Crippen LogP contribution in [0, 0.1) is 0 Å². The molecule has 0 atom stereocenters. The molecule has 1 aromatic heterocycles. The number of aromatic nitrogens is 3. The number of nitrogens with zero attached hydrogens (tertiary/aromatic N) is 3. The second kappa shape index (κ2) is 6.94. The summed E-state index contributed by atoms with van der Waals surface area (Å²) < 4.78 is 12.2. The lowest BCUT2D eigenvalue weighted by Crippen LogP contribution is -2.18. The van der Waals surface area contributed by atoms with E-state index in [1.165, 1.54) is 14.2 Å². The highest BCUT2D eigenvalue weighted by molar-refractivity contribution is 5.52. The van der Waals surface area contributed by atoms with Crippen molar-refractivity contribution in [3.63, 3.8) is 0 Å². The molecule has 0 fully saturated rings. The molecular formula is C14H20N4O3. The Hall–Kier alpha value is -2.28. The van der Waals surface area contributed by atoms with Crippen LogP contribution in [0.4, 0.5) is 0 Å². The van der Waals surface area contributed by atoms with E-state index in [2.05, 4.69) is 15.5 Å². The highest BCUT2D eigenvalue weighted by atomic mass is 16.5. The molecule has 2 rings (SSSR count). The molecule has 21 heavy (non-hydrogen) atoms. The normalized spacial score (nSPS) is 10.6. The van der Waals surface area contributed by atoms with E-state index in [0.717, 1.165) is 24.4 Å². The third-order valence-corrected chi connectivity index (χ3v) is 3.20. The predicted octanol–water partition coefficient (Wildman–Crippen LogP) is 0.870. The molecule has 7 nitrogen and oxygen atoms in total. The van der Waals surface area contributed by atoms with Crippen molar-refractivity contribution in [1.29, 1.82) is 0 Å². The summed E-state index contributed by atoms with van der Waals surface area (Å²) in [6.07, 6.45) is 2.48. The largest absolute Gasteiger partial charge is 0.502 e. The van der Waals surface area contributed by atoms with Crippen LogP contribution in [0.5, 0.6) is 17.2 Å². The number of methoxy groups -OCH3 is 2. The van der Waals surface area contributed by atoms with E-state index in [9.17, 15) is 5.11 Å². The summed E-state index contributed by atoms with van der Waals surface area (Å²) in [5.41, 5.74) is 0.972. The Balaban J connectivity index is 1.92. The van der Waals surface area contributed by atoms with Crippen LogP contribution in [-0.4, -0.2) is 40.6 Å². The van der Waals surface area contributed by atoms with Gasteiger partial charge in [0.15, 0.2) is 11.5 Å². The van der Waals surface area contributed by atoms with Gasteiger partial charge in [0.25, 0.3) is 0 Å². The van der Waals surface area contributed by atoms with Crippen molar-refractivity contribution in [2.45, 2.75) is 13.0 Å². The van der Waals surface area contributed by atoms with Crippen molar-refractivity contribution in [2.24, 2.45) is 7.05 Å². The molecule has 0 aliphatic heterocycles. The zero-order chi connectivity index (χ0) is 15.2. The third kappa shape index (κ3) is 3.63. The topological polar surface area (TPSA) is 81.4 Å². The Labute approximate surface area is 123 Å². The molecule has 0 amide bonds. The molecule has 0 radical (unpaired) electrons. The van der Waals surface area contributed by atoms with Gasteiger partial charge in [0.1, 0.15) is 12.2 Å². The fourth-order valence-corrected chi connectivity index (χ4v) is 2.02. The maximum Gasteiger partial charge on any atom is 0.200 e. The van der Waals surface area contributed by atoms with Gasteiger partial charge in [0, 0.05) is 26.6 Å². The van der Waals surface area contributed by atoms with Gasteiger partial charge in [-0.2, -0.15) is 0 Å². The predicted molar refractivity (Wildman–Crippen MR) is 77.6 cm³/mol. The first-order chi connectivity index (χ1) is 10.2. The number of aromatic hydroxyl groups is 1. The van der Waals surface area contributed by atoms with Crippen LogP contribution in [0.1, 0.15) is 11.4 Å². The van der Waals surface area contributed by atoms with Gasteiger partial charge in [0.2, 0.25) is 5.75 Å². The minimum absolute atomic E-state index is 0.0165. The van der Waals surface area contributed by atoms with Gasteiger partial charge in [0.05, 0.1) is 14.2 Å². The molecule has 1 aromatic carbocycles. The Morgan fingerprint density at radius 2 is 1.90 bits per heavy atom. The van der Waals surface area contributed by atoms with Gasteiger partial charge >= 0.3 is 0 Å². The van der Waals surface area contributed by atoms with Crippen LogP contribution < -0.4 is 14.8 Å². The van der Waals surface area contributed by atoms with Gasteiger partial charge in [-0.3, -0.25) is 0 Å². The van der Waals surface area contributed by atoms with E-state index in [1.807, 2.05) is 11.6 Å². The smallest absolute Gasteiger partial charge is 0.200 e. The molecular weight excluding hydrogens is 272 g/mol. The maximum atomic E-state index is 9.85. The molecule has 114 valence electrons. The lowest BCUT2D eigenvalue weighted by atomic mass is 10.2. The molecule has 0 saturated carbocycles. The van der Waals surface area contributed by atoms with E-state index in [1.54, 1.807) is 18.5 Å². The van der Waals surface area contributed by atoms with Gasteiger partial charge in [-0.1, -0.05) is 0 Å². The van der Waals surface area contributed by atoms with Gasteiger partial charge in [-0.05, 0) is 17.7 Å². The Kier molecular flexibility index (Phi) is 4.99. The Bertz CT molecular complexity index is 573. The highest BCUT2D eigenvalue weighted by Crippen LogP contribution is 2.36. The summed E-state index contributed by atoms with van der Waals surface area (Å²) in [5.74, 6) is 1.75. The minimum atomic E-state index is 0.0165. The first kappa shape index (κ1) is 15.1. The molecule has 7 heteroatoms. The number of ether oxygens (including phenoxy) is 2. The van der Waals surface area contributed by atoms with Crippen molar-refractivity contribution in [1.82, 2.24) is 20.1 Å². The van der Waals surface area contributed by atoms with Crippen molar-refractivity contribution < 1.29 is 14.6 Å². The first-order valence-electron chi connectivity index (χ1n) is 6.63. The number of phenolic OH excluding ortho intramolecular Hbond substituents is 1. The number of rotatable bonds is 7. The Morgan fingerprint density at radius 1 is 1.24 bits per heavy atom. The summed E-state index contributed by atoms with van der Waals surface area (Å²) >= 11 is 0. The van der Waals surface area contributed by atoms with Crippen molar-refractivity contribution in [3.8, 4) is 17.2 Å². The number of benzene rings is 1. The molecule has 0 saturated heterocycles. The van der Waals surface area contributed by atoms with Crippen molar-refractivity contribution in [3.05, 3.63) is 29.8 Å². The van der Waals surface area contributed by atoms with Gasteiger partial charge in [-0.25, -0.2) is 0 Å². The molecule has 2 N–H and O–H groups in total. The summed E-state index contributed by atoms with van der Waals surface area (Å²) in [5, 5.41) is 21.0. The average molecular weight is 292 g/mol.